The molecule has 2 aromatic rings. The molecule has 3 nitrogen and oxygen atoms in total. The number of hydrogen-bond donors (Lipinski definition) is 0. The van der Waals surface area contributed by atoms with E-state index >= 15 is 0 Å². The Bertz CT molecular complexity index is 650. The summed E-state index contributed by atoms with van der Waals surface area (Å²) in [5.74, 6) is -0.248. The quantitative estimate of drug-likeness (QED) is 0.793. The van der Waals surface area contributed by atoms with Crippen molar-refractivity contribution in [1.29, 1.82) is 0 Å². The van der Waals surface area contributed by atoms with E-state index in [0.29, 0.717) is 17.5 Å². The van der Waals surface area contributed by atoms with Gasteiger partial charge in [0.15, 0.2) is 0 Å². The lowest BCUT2D eigenvalue weighted by atomic mass is 9.98. The fourth-order valence-corrected chi connectivity index (χ4v) is 2.24. The van der Waals surface area contributed by atoms with Crippen LogP contribution in [0.2, 0.25) is 5.02 Å². The van der Waals surface area contributed by atoms with E-state index in [1.807, 2.05) is 42.5 Å². The van der Waals surface area contributed by atoms with Gasteiger partial charge in [-0.15, -0.1) is 0 Å². The van der Waals surface area contributed by atoms with Crippen molar-refractivity contribution in [2.75, 3.05) is 6.54 Å². The van der Waals surface area contributed by atoms with Gasteiger partial charge >= 0.3 is 5.97 Å². The minimum atomic E-state index is -0.361. The van der Waals surface area contributed by atoms with Crippen LogP contribution >= 0.6 is 11.6 Å². The number of cyclic esters (lactones) is 1. The lowest BCUT2D eigenvalue weighted by Crippen LogP contribution is -2.28. The zero-order valence-corrected chi connectivity index (χ0v) is 11.4. The molecule has 1 heterocycles. The molecule has 0 bridgehead atoms. The van der Waals surface area contributed by atoms with Gasteiger partial charge in [0.25, 0.3) is 0 Å². The maximum atomic E-state index is 12.1. The number of halogens is 1. The molecule has 0 N–H and O–H groups in total. The van der Waals surface area contributed by atoms with Crippen LogP contribution in [0.5, 0.6) is 0 Å². The summed E-state index contributed by atoms with van der Waals surface area (Å²) in [5.41, 5.74) is 1.69. The van der Waals surface area contributed by atoms with E-state index in [4.69, 9.17) is 16.3 Å². The Morgan fingerprint density at radius 2 is 1.75 bits per heavy atom. The molecule has 3 rings (SSSR count). The molecule has 0 unspecified atom stereocenters. The van der Waals surface area contributed by atoms with E-state index in [1.54, 1.807) is 12.1 Å². The first-order valence-corrected chi connectivity index (χ1v) is 6.69. The Morgan fingerprint density at radius 3 is 2.40 bits per heavy atom. The highest BCUT2D eigenvalue weighted by molar-refractivity contribution is 6.30. The second kappa shape index (κ2) is 5.47. The molecule has 100 valence electrons. The zero-order chi connectivity index (χ0) is 13.9. The molecule has 0 saturated heterocycles. The predicted molar refractivity (Wildman–Crippen MR) is 78.1 cm³/mol. The van der Waals surface area contributed by atoms with Crippen molar-refractivity contribution in [1.82, 2.24) is 0 Å². The van der Waals surface area contributed by atoms with Crippen LogP contribution in [-0.4, -0.2) is 18.4 Å². The molecule has 0 amide bonds. The highest BCUT2D eigenvalue weighted by Crippen LogP contribution is 2.24. The molecule has 1 aliphatic heterocycles. The van der Waals surface area contributed by atoms with Gasteiger partial charge in [-0.3, -0.25) is 4.79 Å². The fraction of sp³-hybridized carbons (Fsp3) is 0.125. The number of rotatable bonds is 2. The molecular formula is C16H12ClNO2. The van der Waals surface area contributed by atoms with Crippen molar-refractivity contribution in [2.24, 2.45) is 4.99 Å². The van der Waals surface area contributed by atoms with Gasteiger partial charge in [0.2, 0.25) is 5.90 Å². The molecule has 0 radical (unpaired) electrons. The van der Waals surface area contributed by atoms with Gasteiger partial charge in [0.1, 0.15) is 5.92 Å². The van der Waals surface area contributed by atoms with Gasteiger partial charge in [-0.25, -0.2) is 4.99 Å². The second-order valence-electron chi connectivity index (χ2n) is 4.54. The third-order valence-electron chi connectivity index (χ3n) is 3.19. The topological polar surface area (TPSA) is 38.7 Å². The average molecular weight is 286 g/mol. The molecule has 4 heteroatoms. The average Bonchev–Trinajstić information content (AvgIpc) is 2.49. The first kappa shape index (κ1) is 12.9. The van der Waals surface area contributed by atoms with E-state index < -0.39 is 0 Å². The van der Waals surface area contributed by atoms with Crippen LogP contribution < -0.4 is 0 Å². The van der Waals surface area contributed by atoms with Crippen molar-refractivity contribution in [2.45, 2.75) is 5.92 Å². The summed E-state index contributed by atoms with van der Waals surface area (Å²) in [6.45, 7) is 0.394. The van der Waals surface area contributed by atoms with E-state index in [0.717, 1.165) is 11.1 Å². The summed E-state index contributed by atoms with van der Waals surface area (Å²) in [4.78, 5) is 16.5. The molecule has 2 aromatic carbocycles. The monoisotopic (exact) mass is 285 g/mol. The Labute approximate surface area is 121 Å². The second-order valence-corrected chi connectivity index (χ2v) is 4.97. The van der Waals surface area contributed by atoms with E-state index in [2.05, 4.69) is 4.99 Å². The summed E-state index contributed by atoms with van der Waals surface area (Å²) < 4.78 is 5.35. The third kappa shape index (κ3) is 2.58. The summed E-state index contributed by atoms with van der Waals surface area (Å²) in [7, 11) is 0. The standard InChI is InChI=1S/C16H12ClNO2/c17-13-8-6-11(7-9-13)14-10-18-15(20-16(14)19)12-4-2-1-3-5-12/h1-9,14H,10H2/t14-/m0/s1. The molecule has 1 atom stereocenters. The number of hydrogen-bond acceptors (Lipinski definition) is 3. The van der Waals surface area contributed by atoms with Crippen LogP contribution in [0.3, 0.4) is 0 Å². The van der Waals surface area contributed by atoms with Crippen LogP contribution in [-0.2, 0) is 9.53 Å². The van der Waals surface area contributed by atoms with Crippen molar-refractivity contribution < 1.29 is 9.53 Å². The number of nitrogens with zero attached hydrogens (tertiary/aromatic N) is 1. The maximum Gasteiger partial charge on any atom is 0.322 e. The number of carbonyl (C=O) groups excluding carboxylic acids is 1. The van der Waals surface area contributed by atoms with E-state index in [9.17, 15) is 4.79 Å². The minimum absolute atomic E-state index is 0.277. The van der Waals surface area contributed by atoms with Crippen LogP contribution in [0.25, 0.3) is 0 Å². The van der Waals surface area contributed by atoms with Gasteiger partial charge in [0, 0.05) is 10.6 Å². The van der Waals surface area contributed by atoms with Crippen LogP contribution in [0, 0.1) is 0 Å². The maximum absolute atomic E-state index is 12.1. The van der Waals surface area contributed by atoms with Crippen molar-refractivity contribution in [3.63, 3.8) is 0 Å². The molecule has 0 aliphatic carbocycles. The fourth-order valence-electron chi connectivity index (χ4n) is 2.11. The molecular weight excluding hydrogens is 274 g/mol. The first-order valence-electron chi connectivity index (χ1n) is 6.31. The van der Waals surface area contributed by atoms with Gasteiger partial charge in [-0.2, -0.15) is 0 Å². The smallest absolute Gasteiger partial charge is 0.322 e. The molecule has 0 aromatic heterocycles. The molecule has 0 saturated carbocycles. The highest BCUT2D eigenvalue weighted by Gasteiger charge is 2.28. The van der Waals surface area contributed by atoms with Crippen molar-refractivity contribution in [3.05, 3.63) is 70.7 Å². The Balaban J connectivity index is 1.84. The number of aliphatic imine (C=N–C) groups is 1. The first-order chi connectivity index (χ1) is 9.74. The van der Waals surface area contributed by atoms with Gasteiger partial charge < -0.3 is 4.74 Å². The molecule has 20 heavy (non-hydrogen) atoms. The Morgan fingerprint density at radius 1 is 1.05 bits per heavy atom. The predicted octanol–water partition coefficient (Wildman–Crippen LogP) is 3.43. The normalized spacial score (nSPS) is 18.4. The summed E-state index contributed by atoms with van der Waals surface area (Å²) in [5, 5.41) is 0.645. The molecule has 1 aliphatic rings. The van der Waals surface area contributed by atoms with Crippen molar-refractivity contribution >= 4 is 23.5 Å². The molecule has 0 spiro atoms. The van der Waals surface area contributed by atoms with Gasteiger partial charge in [-0.05, 0) is 29.8 Å². The molecule has 0 fully saturated rings. The SMILES string of the molecule is O=C1OC(c2ccccc2)=NC[C@H]1c1ccc(Cl)cc1. The summed E-state index contributed by atoms with van der Waals surface area (Å²) in [6, 6.07) is 16.6. The van der Waals surface area contributed by atoms with Crippen molar-refractivity contribution in [3.8, 4) is 0 Å². The minimum Gasteiger partial charge on any atom is -0.407 e. The summed E-state index contributed by atoms with van der Waals surface area (Å²) in [6.07, 6.45) is 0. The number of esters is 1. The van der Waals surface area contributed by atoms with E-state index in [1.165, 1.54) is 0 Å². The number of benzene rings is 2. The number of ether oxygens (including phenoxy) is 1. The third-order valence-corrected chi connectivity index (χ3v) is 3.44. The largest absolute Gasteiger partial charge is 0.407 e. The number of carbonyl (C=O) groups is 1. The summed E-state index contributed by atoms with van der Waals surface area (Å²) >= 11 is 5.85. The van der Waals surface area contributed by atoms with E-state index in [-0.39, 0.29) is 11.9 Å². The van der Waals surface area contributed by atoms with Crippen LogP contribution in [0.1, 0.15) is 17.0 Å². The van der Waals surface area contributed by atoms with Crippen LogP contribution in [0.4, 0.5) is 0 Å². The highest BCUT2D eigenvalue weighted by atomic mass is 35.5. The van der Waals surface area contributed by atoms with Crippen LogP contribution in [0.15, 0.2) is 59.6 Å². The lowest BCUT2D eigenvalue weighted by molar-refractivity contribution is -0.137. The Hall–Kier alpha value is -2.13. The Kier molecular flexibility index (Phi) is 3.52. The van der Waals surface area contributed by atoms with Gasteiger partial charge in [-0.1, -0.05) is 41.9 Å². The van der Waals surface area contributed by atoms with Gasteiger partial charge in [0.05, 0.1) is 6.54 Å². The zero-order valence-electron chi connectivity index (χ0n) is 10.6. The lowest BCUT2D eigenvalue weighted by Gasteiger charge is -2.20.